The van der Waals surface area contributed by atoms with Gasteiger partial charge in [0.2, 0.25) is 0 Å². The lowest BCUT2D eigenvalue weighted by atomic mass is 10.2. The van der Waals surface area contributed by atoms with E-state index in [-0.39, 0.29) is 18.3 Å². The predicted octanol–water partition coefficient (Wildman–Crippen LogP) is 5.14. The number of hydrogen-bond acceptors (Lipinski definition) is 4. The normalized spacial score (nSPS) is 10.8. The van der Waals surface area contributed by atoms with Gasteiger partial charge in [-0.1, -0.05) is 45.7 Å². The largest absolute Gasteiger partial charge is 0.470 e. The highest BCUT2D eigenvalue weighted by Gasteiger charge is 2.13. The van der Waals surface area contributed by atoms with E-state index in [9.17, 15) is 4.79 Å². The lowest BCUT2D eigenvalue weighted by molar-refractivity contribution is 0.102. The van der Waals surface area contributed by atoms with Gasteiger partial charge in [0.05, 0.1) is 16.2 Å². The molecule has 140 valence electrons. The molecular weight excluding hydrogens is 444 g/mol. The molecule has 0 aliphatic heterocycles. The third-order valence-corrected chi connectivity index (χ3v) is 5.03. The number of aromatic nitrogens is 3. The van der Waals surface area contributed by atoms with Crippen molar-refractivity contribution in [3.8, 4) is 5.75 Å². The lowest BCUT2D eigenvalue weighted by Gasteiger charge is -2.08. The van der Waals surface area contributed by atoms with E-state index in [0.29, 0.717) is 22.0 Å². The molecule has 0 radical (unpaired) electrons. The van der Waals surface area contributed by atoms with Crippen LogP contribution in [0.4, 0.5) is 5.69 Å². The van der Waals surface area contributed by atoms with E-state index in [4.69, 9.17) is 16.3 Å². The first-order chi connectivity index (χ1) is 13.6. The van der Waals surface area contributed by atoms with Crippen LogP contribution in [0.2, 0.25) is 5.02 Å². The molecule has 8 heteroatoms. The Labute approximate surface area is 174 Å². The maximum Gasteiger partial charge on any atom is 0.276 e. The standard InChI is InChI=1S/C20H14BrClN4O2/c21-14-7-8-16(19-13(14)4-3-10-23-19)24-20(27)17-9-11-26(25-17)12-28-18-6-2-1-5-15(18)22/h1-11H,12H2,(H,24,27). The molecule has 2 aromatic heterocycles. The summed E-state index contributed by atoms with van der Waals surface area (Å²) >= 11 is 9.56. The molecule has 28 heavy (non-hydrogen) atoms. The third kappa shape index (κ3) is 3.85. The van der Waals surface area contributed by atoms with Crippen molar-refractivity contribution in [1.82, 2.24) is 14.8 Å². The van der Waals surface area contributed by atoms with Gasteiger partial charge in [-0.15, -0.1) is 0 Å². The summed E-state index contributed by atoms with van der Waals surface area (Å²) in [4.78, 5) is 17.0. The highest BCUT2D eigenvalue weighted by atomic mass is 79.9. The fourth-order valence-electron chi connectivity index (χ4n) is 2.68. The zero-order valence-corrected chi connectivity index (χ0v) is 16.8. The Morgan fingerprint density at radius 3 is 2.86 bits per heavy atom. The molecule has 1 N–H and O–H groups in total. The monoisotopic (exact) mass is 456 g/mol. The van der Waals surface area contributed by atoms with E-state index in [1.165, 1.54) is 4.68 Å². The van der Waals surface area contributed by atoms with Gasteiger partial charge >= 0.3 is 0 Å². The zero-order valence-electron chi connectivity index (χ0n) is 14.5. The number of carbonyl (C=O) groups excluding carboxylic acids is 1. The van der Waals surface area contributed by atoms with Crippen LogP contribution >= 0.6 is 27.5 Å². The van der Waals surface area contributed by atoms with E-state index in [0.717, 1.165) is 9.86 Å². The highest BCUT2D eigenvalue weighted by Crippen LogP contribution is 2.28. The molecule has 0 saturated heterocycles. The molecule has 4 rings (SSSR count). The van der Waals surface area contributed by atoms with E-state index in [1.807, 2.05) is 30.3 Å². The maximum atomic E-state index is 12.6. The van der Waals surface area contributed by atoms with E-state index in [2.05, 4.69) is 31.3 Å². The number of pyridine rings is 1. The van der Waals surface area contributed by atoms with Gasteiger partial charge in [0.15, 0.2) is 12.4 Å². The molecule has 0 unspecified atom stereocenters. The fourth-order valence-corrected chi connectivity index (χ4v) is 3.32. The lowest BCUT2D eigenvalue weighted by Crippen LogP contribution is -2.14. The Morgan fingerprint density at radius 1 is 1.14 bits per heavy atom. The second kappa shape index (κ2) is 8.00. The van der Waals surface area contributed by atoms with Gasteiger partial charge in [-0.05, 0) is 36.4 Å². The molecule has 4 aromatic rings. The Morgan fingerprint density at radius 2 is 2.00 bits per heavy atom. The molecule has 0 atom stereocenters. The van der Waals surface area contributed by atoms with E-state index < -0.39 is 0 Å². The number of rotatable bonds is 5. The molecule has 0 bridgehead atoms. The van der Waals surface area contributed by atoms with Crippen LogP contribution in [0.15, 0.2) is 71.5 Å². The smallest absolute Gasteiger partial charge is 0.276 e. The first-order valence-electron chi connectivity index (χ1n) is 8.37. The van der Waals surface area contributed by atoms with Crippen LogP contribution in [0.3, 0.4) is 0 Å². The summed E-state index contributed by atoms with van der Waals surface area (Å²) in [5.41, 5.74) is 1.59. The molecular formula is C20H14BrClN4O2. The summed E-state index contributed by atoms with van der Waals surface area (Å²) in [6.07, 6.45) is 3.36. The van der Waals surface area contributed by atoms with Crippen LogP contribution in [-0.2, 0) is 6.73 Å². The number of anilines is 1. The molecule has 0 aliphatic carbocycles. The highest BCUT2D eigenvalue weighted by molar-refractivity contribution is 9.10. The Hall–Kier alpha value is -2.90. The predicted molar refractivity (Wildman–Crippen MR) is 112 cm³/mol. The van der Waals surface area contributed by atoms with Gasteiger partial charge in [0.1, 0.15) is 5.75 Å². The number of nitrogens with zero attached hydrogens (tertiary/aromatic N) is 3. The molecule has 2 heterocycles. The minimum absolute atomic E-state index is 0.139. The number of ether oxygens (including phenoxy) is 1. The Kier molecular flexibility index (Phi) is 5.27. The number of halogens is 2. The topological polar surface area (TPSA) is 69.0 Å². The Bertz CT molecular complexity index is 1160. The minimum atomic E-state index is -0.328. The summed E-state index contributed by atoms with van der Waals surface area (Å²) in [6.45, 7) is 0.139. The van der Waals surface area contributed by atoms with Crippen LogP contribution in [0.25, 0.3) is 10.9 Å². The Balaban J connectivity index is 1.48. The van der Waals surface area contributed by atoms with Crippen LogP contribution in [0.5, 0.6) is 5.75 Å². The summed E-state index contributed by atoms with van der Waals surface area (Å²) in [6, 6.07) is 16.2. The number of carbonyl (C=O) groups is 1. The average Bonchev–Trinajstić information content (AvgIpc) is 3.19. The number of fused-ring (bicyclic) bond motifs is 1. The van der Waals surface area contributed by atoms with Crippen molar-refractivity contribution in [1.29, 1.82) is 0 Å². The molecule has 0 fully saturated rings. The van der Waals surface area contributed by atoms with Gasteiger partial charge in [-0.2, -0.15) is 5.10 Å². The first-order valence-corrected chi connectivity index (χ1v) is 9.54. The van der Waals surface area contributed by atoms with Crippen LogP contribution in [-0.4, -0.2) is 20.7 Å². The number of hydrogen-bond donors (Lipinski definition) is 1. The summed E-state index contributed by atoms with van der Waals surface area (Å²) in [7, 11) is 0. The van der Waals surface area contributed by atoms with Crippen molar-refractivity contribution < 1.29 is 9.53 Å². The zero-order chi connectivity index (χ0) is 19.5. The quantitative estimate of drug-likeness (QED) is 0.451. The van der Waals surface area contributed by atoms with Crippen molar-refractivity contribution in [3.05, 3.63) is 82.2 Å². The summed E-state index contributed by atoms with van der Waals surface area (Å²) < 4.78 is 8.06. The minimum Gasteiger partial charge on any atom is -0.470 e. The van der Waals surface area contributed by atoms with Crippen molar-refractivity contribution in [2.24, 2.45) is 0 Å². The number of para-hydroxylation sites is 1. The number of benzene rings is 2. The second-order valence-electron chi connectivity index (χ2n) is 5.89. The average molecular weight is 458 g/mol. The van der Waals surface area contributed by atoms with Crippen molar-refractivity contribution in [2.75, 3.05) is 5.32 Å². The molecule has 6 nitrogen and oxygen atoms in total. The number of amides is 1. The van der Waals surface area contributed by atoms with Crippen LogP contribution in [0, 0.1) is 0 Å². The van der Waals surface area contributed by atoms with Gasteiger partial charge in [0.25, 0.3) is 5.91 Å². The third-order valence-electron chi connectivity index (χ3n) is 4.03. The molecule has 2 aromatic carbocycles. The SMILES string of the molecule is O=C(Nc1ccc(Br)c2cccnc12)c1ccn(COc2ccccc2Cl)n1. The van der Waals surface area contributed by atoms with Crippen LogP contribution in [0.1, 0.15) is 10.5 Å². The van der Waals surface area contributed by atoms with Gasteiger partial charge in [-0.25, -0.2) is 4.68 Å². The number of nitrogens with one attached hydrogen (secondary N) is 1. The van der Waals surface area contributed by atoms with Gasteiger partial charge in [0, 0.05) is 22.3 Å². The summed E-state index contributed by atoms with van der Waals surface area (Å²) in [5, 5.41) is 8.55. The van der Waals surface area contributed by atoms with Crippen molar-refractivity contribution in [2.45, 2.75) is 6.73 Å². The first kappa shape index (κ1) is 18.5. The van der Waals surface area contributed by atoms with Crippen molar-refractivity contribution >= 4 is 50.0 Å². The van der Waals surface area contributed by atoms with Gasteiger partial charge < -0.3 is 10.1 Å². The molecule has 0 saturated carbocycles. The second-order valence-corrected chi connectivity index (χ2v) is 7.15. The molecule has 0 spiro atoms. The molecule has 0 aliphatic rings. The maximum absolute atomic E-state index is 12.6. The summed E-state index contributed by atoms with van der Waals surface area (Å²) in [5.74, 6) is 0.226. The fraction of sp³-hybridized carbons (Fsp3) is 0.0500. The van der Waals surface area contributed by atoms with Crippen molar-refractivity contribution in [3.63, 3.8) is 0 Å². The van der Waals surface area contributed by atoms with Gasteiger partial charge in [-0.3, -0.25) is 9.78 Å². The van der Waals surface area contributed by atoms with E-state index >= 15 is 0 Å². The van der Waals surface area contributed by atoms with Crippen LogP contribution < -0.4 is 10.1 Å². The van der Waals surface area contributed by atoms with E-state index in [1.54, 1.807) is 36.7 Å². The molecule has 1 amide bonds.